The second-order valence-electron chi connectivity index (χ2n) is 5.05. The first-order chi connectivity index (χ1) is 9.38. The van der Waals surface area contributed by atoms with Crippen LogP contribution in [0, 0.1) is 20.8 Å². The molecule has 0 aliphatic carbocycles. The number of rotatable bonds is 3. The molecule has 20 heavy (non-hydrogen) atoms. The minimum absolute atomic E-state index is 0.452. The van der Waals surface area contributed by atoms with Crippen molar-refractivity contribution in [1.29, 1.82) is 0 Å². The van der Waals surface area contributed by atoms with Gasteiger partial charge in [0.05, 0.1) is 27.3 Å². The number of hydrogen-bond donors (Lipinski definition) is 1. The number of nitrogen functional groups attached to an aromatic ring is 1. The van der Waals surface area contributed by atoms with Gasteiger partial charge in [0.2, 0.25) is 0 Å². The van der Waals surface area contributed by atoms with Gasteiger partial charge in [0.15, 0.2) is 0 Å². The van der Waals surface area contributed by atoms with Crippen LogP contribution >= 0.6 is 11.6 Å². The van der Waals surface area contributed by atoms with E-state index in [-0.39, 0.29) is 0 Å². The normalized spacial score (nSPS) is 12.4. The zero-order chi connectivity index (χ0) is 14.9. The monoisotopic (exact) mass is 307 g/mol. The summed E-state index contributed by atoms with van der Waals surface area (Å²) in [5, 5.41) is 0.452. The van der Waals surface area contributed by atoms with Crippen molar-refractivity contribution in [3.8, 4) is 0 Å². The van der Waals surface area contributed by atoms with Crippen molar-refractivity contribution in [3.63, 3.8) is 0 Å². The lowest BCUT2D eigenvalue weighted by Gasteiger charge is -2.11. The van der Waals surface area contributed by atoms with Gasteiger partial charge in [0.25, 0.3) is 0 Å². The molecular formula is C16H18ClNOS. The van der Waals surface area contributed by atoms with Gasteiger partial charge in [-0.3, -0.25) is 4.21 Å². The predicted octanol–water partition coefficient (Wildman–Crippen LogP) is 4.16. The highest BCUT2D eigenvalue weighted by Gasteiger charge is 2.11. The van der Waals surface area contributed by atoms with Crippen LogP contribution in [0.1, 0.15) is 22.3 Å². The Hall–Kier alpha value is -1.32. The zero-order valence-corrected chi connectivity index (χ0v) is 13.4. The van der Waals surface area contributed by atoms with Gasteiger partial charge in [-0.05, 0) is 55.7 Å². The highest BCUT2D eigenvalue weighted by molar-refractivity contribution is 7.84. The maximum atomic E-state index is 12.5. The number of halogens is 1. The molecule has 0 radical (unpaired) electrons. The molecule has 2 nitrogen and oxygen atoms in total. The molecule has 2 aromatic carbocycles. The summed E-state index contributed by atoms with van der Waals surface area (Å²) in [5.41, 5.74) is 10.9. The fourth-order valence-corrected chi connectivity index (χ4v) is 3.90. The maximum Gasteiger partial charge on any atom is 0.0647 e. The summed E-state index contributed by atoms with van der Waals surface area (Å²) in [7, 11) is -1.12. The van der Waals surface area contributed by atoms with Crippen LogP contribution < -0.4 is 5.73 Å². The summed E-state index contributed by atoms with van der Waals surface area (Å²) in [4.78, 5) is 0.712. The molecule has 1 atom stereocenters. The van der Waals surface area contributed by atoms with Crippen LogP contribution in [0.3, 0.4) is 0 Å². The minimum atomic E-state index is -1.12. The summed E-state index contributed by atoms with van der Waals surface area (Å²) in [6.45, 7) is 6.19. The highest BCUT2D eigenvalue weighted by Crippen LogP contribution is 2.25. The molecule has 0 amide bonds. The van der Waals surface area contributed by atoms with E-state index in [1.54, 1.807) is 18.2 Å². The molecule has 0 heterocycles. The summed E-state index contributed by atoms with van der Waals surface area (Å²) < 4.78 is 12.5. The van der Waals surface area contributed by atoms with Crippen LogP contribution in [-0.4, -0.2) is 4.21 Å². The lowest BCUT2D eigenvalue weighted by molar-refractivity contribution is 0.682. The van der Waals surface area contributed by atoms with E-state index in [1.807, 2.05) is 0 Å². The first-order valence-electron chi connectivity index (χ1n) is 6.38. The first-order valence-corrected chi connectivity index (χ1v) is 8.08. The molecule has 0 aromatic heterocycles. The van der Waals surface area contributed by atoms with Crippen LogP contribution in [0.2, 0.25) is 5.02 Å². The van der Waals surface area contributed by atoms with Crippen molar-refractivity contribution in [2.75, 3.05) is 5.73 Å². The standard InChI is InChI=1S/C16H18ClNOS/c1-10-6-11(2)14(12(3)7-10)9-20(19)13-4-5-16(18)15(17)8-13/h4-8H,9,18H2,1-3H3. The molecule has 2 aromatic rings. The molecule has 0 aliphatic rings. The van der Waals surface area contributed by atoms with Gasteiger partial charge in [0, 0.05) is 4.90 Å². The predicted molar refractivity (Wildman–Crippen MR) is 86.6 cm³/mol. The van der Waals surface area contributed by atoms with Gasteiger partial charge >= 0.3 is 0 Å². The van der Waals surface area contributed by atoms with Crippen molar-refractivity contribution in [2.24, 2.45) is 0 Å². The van der Waals surface area contributed by atoms with E-state index in [1.165, 1.54) is 16.7 Å². The average Bonchev–Trinajstić information content (AvgIpc) is 2.36. The van der Waals surface area contributed by atoms with Crippen molar-refractivity contribution in [2.45, 2.75) is 31.4 Å². The van der Waals surface area contributed by atoms with Crippen molar-refractivity contribution < 1.29 is 4.21 Å². The van der Waals surface area contributed by atoms with Crippen LogP contribution in [0.4, 0.5) is 5.69 Å². The minimum Gasteiger partial charge on any atom is -0.398 e. The SMILES string of the molecule is Cc1cc(C)c(CS(=O)c2ccc(N)c(Cl)c2)c(C)c1. The molecule has 106 valence electrons. The number of benzene rings is 2. The van der Waals surface area contributed by atoms with E-state index >= 15 is 0 Å². The van der Waals surface area contributed by atoms with E-state index < -0.39 is 10.8 Å². The summed E-state index contributed by atoms with van der Waals surface area (Å²) in [5.74, 6) is 0.498. The molecule has 2 N–H and O–H groups in total. The summed E-state index contributed by atoms with van der Waals surface area (Å²) >= 11 is 5.98. The van der Waals surface area contributed by atoms with Crippen LogP contribution in [0.5, 0.6) is 0 Å². The lowest BCUT2D eigenvalue weighted by atomic mass is 10.0. The van der Waals surface area contributed by atoms with Crippen LogP contribution in [-0.2, 0) is 16.6 Å². The van der Waals surface area contributed by atoms with Crippen LogP contribution in [0.25, 0.3) is 0 Å². The van der Waals surface area contributed by atoms with Gasteiger partial charge < -0.3 is 5.73 Å². The average molecular weight is 308 g/mol. The number of hydrogen-bond acceptors (Lipinski definition) is 2. The number of nitrogens with two attached hydrogens (primary N) is 1. The zero-order valence-electron chi connectivity index (χ0n) is 11.9. The van der Waals surface area contributed by atoms with E-state index in [4.69, 9.17) is 17.3 Å². The Morgan fingerprint density at radius 1 is 1.10 bits per heavy atom. The molecule has 0 saturated carbocycles. The van der Waals surface area contributed by atoms with Crippen LogP contribution in [0.15, 0.2) is 35.2 Å². The summed E-state index contributed by atoms with van der Waals surface area (Å²) in [6.07, 6.45) is 0. The van der Waals surface area contributed by atoms with Crippen molar-refractivity contribution >= 4 is 28.1 Å². The molecule has 0 saturated heterocycles. The molecule has 2 rings (SSSR count). The topological polar surface area (TPSA) is 43.1 Å². The Morgan fingerprint density at radius 2 is 1.70 bits per heavy atom. The summed E-state index contributed by atoms with van der Waals surface area (Å²) in [6, 6.07) is 9.40. The fraction of sp³-hybridized carbons (Fsp3) is 0.250. The van der Waals surface area contributed by atoms with Gasteiger partial charge in [-0.2, -0.15) is 0 Å². The fourth-order valence-electron chi connectivity index (χ4n) is 2.30. The highest BCUT2D eigenvalue weighted by atomic mass is 35.5. The third-order valence-corrected chi connectivity index (χ3v) is 5.01. The lowest BCUT2D eigenvalue weighted by Crippen LogP contribution is -2.02. The molecule has 0 spiro atoms. The molecule has 0 aliphatic heterocycles. The molecule has 0 fully saturated rings. The van der Waals surface area contributed by atoms with E-state index in [2.05, 4.69) is 32.9 Å². The Labute approximate surface area is 127 Å². The van der Waals surface area contributed by atoms with E-state index in [9.17, 15) is 4.21 Å². The Balaban J connectivity index is 2.30. The number of anilines is 1. The largest absolute Gasteiger partial charge is 0.398 e. The van der Waals surface area contributed by atoms with Crippen molar-refractivity contribution in [1.82, 2.24) is 0 Å². The maximum absolute atomic E-state index is 12.5. The molecular weight excluding hydrogens is 290 g/mol. The number of aryl methyl sites for hydroxylation is 3. The Morgan fingerprint density at radius 3 is 2.25 bits per heavy atom. The third kappa shape index (κ3) is 3.22. The molecule has 0 bridgehead atoms. The van der Waals surface area contributed by atoms with E-state index in [0.717, 1.165) is 5.56 Å². The smallest absolute Gasteiger partial charge is 0.0647 e. The van der Waals surface area contributed by atoms with Gasteiger partial charge in [-0.15, -0.1) is 0 Å². The Bertz CT molecular complexity index is 659. The Kier molecular flexibility index (Phi) is 4.51. The first kappa shape index (κ1) is 15.1. The second kappa shape index (κ2) is 5.98. The van der Waals surface area contributed by atoms with Gasteiger partial charge in [0.1, 0.15) is 0 Å². The third-order valence-electron chi connectivity index (χ3n) is 3.35. The second-order valence-corrected chi connectivity index (χ2v) is 6.91. The van der Waals surface area contributed by atoms with Gasteiger partial charge in [-0.1, -0.05) is 29.3 Å². The van der Waals surface area contributed by atoms with E-state index in [0.29, 0.717) is 21.4 Å². The quantitative estimate of drug-likeness (QED) is 0.865. The molecule has 4 heteroatoms. The molecule has 1 unspecified atom stereocenters. The van der Waals surface area contributed by atoms with Gasteiger partial charge in [-0.25, -0.2) is 0 Å². The van der Waals surface area contributed by atoms with Crippen molar-refractivity contribution in [3.05, 3.63) is 57.6 Å².